The number of imide groups is 2. The molecule has 0 bridgehead atoms. The Labute approximate surface area is 234 Å². The van der Waals surface area contributed by atoms with Gasteiger partial charge in [-0.3, -0.25) is 38.6 Å². The summed E-state index contributed by atoms with van der Waals surface area (Å²) in [5.41, 5.74) is 0. The molecule has 0 aromatic carbocycles. The average molecular weight is 565 g/mol. The maximum Gasteiger partial charge on any atom is 0.308 e. The molecule has 0 spiro atoms. The zero-order valence-corrected chi connectivity index (χ0v) is 23.3. The zero-order valence-electron chi connectivity index (χ0n) is 23.3. The Balaban J connectivity index is 1.38. The minimum absolute atomic E-state index is 0.233. The molecule has 0 N–H and O–H groups in total. The molecule has 12 heteroatoms. The van der Waals surface area contributed by atoms with Gasteiger partial charge in [-0.2, -0.15) is 0 Å². The fourth-order valence-electron chi connectivity index (χ4n) is 3.99. The highest BCUT2D eigenvalue weighted by molar-refractivity contribution is 6.13. The molecule has 2 aliphatic rings. The molecular weight excluding hydrogens is 524 g/mol. The van der Waals surface area contributed by atoms with E-state index in [0.29, 0.717) is 77.7 Å². The van der Waals surface area contributed by atoms with Crippen LogP contribution in [0.2, 0.25) is 0 Å². The summed E-state index contributed by atoms with van der Waals surface area (Å²) in [5, 5.41) is 0. The zero-order chi connectivity index (χ0) is 29.3. The molecule has 2 unspecified atom stereocenters. The fraction of sp³-hybridized carbons (Fsp3) is 0.643. The van der Waals surface area contributed by atoms with Crippen LogP contribution in [0.5, 0.6) is 0 Å². The van der Waals surface area contributed by atoms with Crippen LogP contribution in [0.4, 0.5) is 0 Å². The molecular formula is C28H40N2O10. The standard InChI is InChI=1S/C28H40N2O10/c1-21(39-27(35)11-5-3-7-17-29-23(31)13-14-24(29)32)37-19-9-10-20-38-22(2)40-28(36)12-6-4-8-18-30-25(33)15-16-26(30)34/h13-16,21-22H,3-12,17-20H2,1-2H3. The van der Waals surface area contributed by atoms with E-state index in [-0.39, 0.29) is 48.4 Å². The molecule has 0 aromatic rings. The summed E-state index contributed by atoms with van der Waals surface area (Å²) < 4.78 is 21.4. The van der Waals surface area contributed by atoms with Crippen molar-refractivity contribution >= 4 is 35.6 Å². The Morgan fingerprint density at radius 2 is 0.925 bits per heavy atom. The predicted octanol–water partition coefficient (Wildman–Crippen LogP) is 2.55. The number of nitrogens with zero attached hydrogens (tertiary/aromatic N) is 2. The Bertz CT molecular complexity index is 849. The number of hydrogen-bond acceptors (Lipinski definition) is 10. The average Bonchev–Trinajstić information content (AvgIpc) is 3.40. The van der Waals surface area contributed by atoms with E-state index < -0.39 is 12.6 Å². The molecule has 2 atom stereocenters. The van der Waals surface area contributed by atoms with Crippen LogP contribution in [-0.2, 0) is 47.7 Å². The number of ether oxygens (including phenoxy) is 4. The summed E-state index contributed by atoms with van der Waals surface area (Å²) in [5.74, 6) is -1.93. The van der Waals surface area contributed by atoms with Gasteiger partial charge < -0.3 is 18.9 Å². The van der Waals surface area contributed by atoms with Crippen LogP contribution in [0.25, 0.3) is 0 Å². The van der Waals surface area contributed by atoms with Crippen LogP contribution in [0.1, 0.15) is 78.1 Å². The number of esters is 2. The maximum absolute atomic E-state index is 11.9. The van der Waals surface area contributed by atoms with Crippen molar-refractivity contribution in [3.63, 3.8) is 0 Å². The normalized spacial score (nSPS) is 16.2. The van der Waals surface area contributed by atoms with Crippen molar-refractivity contribution in [2.75, 3.05) is 26.3 Å². The van der Waals surface area contributed by atoms with E-state index >= 15 is 0 Å². The first-order chi connectivity index (χ1) is 19.2. The Morgan fingerprint density at radius 3 is 1.27 bits per heavy atom. The maximum atomic E-state index is 11.9. The van der Waals surface area contributed by atoms with Gasteiger partial charge in [0.2, 0.25) is 0 Å². The van der Waals surface area contributed by atoms with Crippen molar-refractivity contribution in [1.29, 1.82) is 0 Å². The van der Waals surface area contributed by atoms with E-state index in [1.54, 1.807) is 13.8 Å². The third kappa shape index (κ3) is 12.6. The van der Waals surface area contributed by atoms with Crippen molar-refractivity contribution in [2.45, 2.75) is 90.6 Å². The number of unbranched alkanes of at least 4 members (excludes halogenated alkanes) is 5. The molecule has 40 heavy (non-hydrogen) atoms. The van der Waals surface area contributed by atoms with E-state index in [2.05, 4.69) is 0 Å². The monoisotopic (exact) mass is 564 g/mol. The van der Waals surface area contributed by atoms with Gasteiger partial charge in [0.05, 0.1) is 13.2 Å². The lowest BCUT2D eigenvalue weighted by Crippen LogP contribution is -2.30. The lowest BCUT2D eigenvalue weighted by atomic mass is 10.2. The number of hydrogen-bond donors (Lipinski definition) is 0. The Morgan fingerprint density at radius 1 is 0.575 bits per heavy atom. The second-order valence-electron chi connectivity index (χ2n) is 9.51. The molecule has 0 radical (unpaired) electrons. The van der Waals surface area contributed by atoms with E-state index in [1.807, 2.05) is 0 Å². The van der Waals surface area contributed by atoms with Crippen LogP contribution < -0.4 is 0 Å². The number of carbonyl (C=O) groups is 6. The van der Waals surface area contributed by atoms with Gasteiger partial charge in [-0.15, -0.1) is 0 Å². The van der Waals surface area contributed by atoms with Gasteiger partial charge in [-0.1, -0.05) is 12.8 Å². The highest BCUT2D eigenvalue weighted by Gasteiger charge is 2.23. The molecule has 12 nitrogen and oxygen atoms in total. The van der Waals surface area contributed by atoms with Crippen LogP contribution in [-0.4, -0.2) is 84.3 Å². The molecule has 2 heterocycles. The molecule has 0 fully saturated rings. The van der Waals surface area contributed by atoms with Crippen LogP contribution in [0.3, 0.4) is 0 Å². The topological polar surface area (TPSA) is 146 Å². The van der Waals surface area contributed by atoms with Crippen molar-refractivity contribution in [1.82, 2.24) is 9.80 Å². The van der Waals surface area contributed by atoms with Crippen molar-refractivity contribution < 1.29 is 47.7 Å². The Kier molecular flexibility index (Phi) is 14.8. The summed E-state index contributed by atoms with van der Waals surface area (Å²) in [6.07, 6.45) is 9.31. The predicted molar refractivity (Wildman–Crippen MR) is 141 cm³/mol. The number of carbonyl (C=O) groups excluding carboxylic acids is 6. The van der Waals surface area contributed by atoms with Gasteiger partial charge in [-0.05, 0) is 52.4 Å². The molecule has 0 saturated carbocycles. The first kappa shape index (κ1) is 32.8. The second-order valence-corrected chi connectivity index (χ2v) is 9.51. The summed E-state index contributed by atoms with van der Waals surface area (Å²) in [4.78, 5) is 72.1. The van der Waals surface area contributed by atoms with Gasteiger partial charge in [0.15, 0.2) is 12.6 Å². The summed E-state index contributed by atoms with van der Waals surface area (Å²) in [7, 11) is 0. The van der Waals surface area contributed by atoms with E-state index in [0.717, 1.165) is 0 Å². The van der Waals surface area contributed by atoms with Crippen molar-refractivity contribution in [3.8, 4) is 0 Å². The van der Waals surface area contributed by atoms with Crippen LogP contribution in [0.15, 0.2) is 24.3 Å². The van der Waals surface area contributed by atoms with E-state index in [4.69, 9.17) is 18.9 Å². The summed E-state index contributed by atoms with van der Waals surface area (Å²) in [6, 6.07) is 0. The lowest BCUT2D eigenvalue weighted by molar-refractivity contribution is -0.178. The number of amides is 4. The third-order valence-corrected chi connectivity index (χ3v) is 6.16. The first-order valence-electron chi connectivity index (χ1n) is 13.9. The molecule has 2 aliphatic heterocycles. The quantitative estimate of drug-likeness (QED) is 0.0882. The summed E-state index contributed by atoms with van der Waals surface area (Å²) >= 11 is 0. The largest absolute Gasteiger partial charge is 0.436 e. The SMILES string of the molecule is CC(OCCCCOC(C)OC(=O)CCCCCN1C(=O)C=CC1=O)OC(=O)CCCCCN1C(=O)C=CC1=O. The smallest absolute Gasteiger partial charge is 0.308 e. The van der Waals surface area contributed by atoms with E-state index in [9.17, 15) is 28.8 Å². The van der Waals surface area contributed by atoms with Gasteiger partial charge in [-0.25, -0.2) is 0 Å². The second kappa shape index (κ2) is 18.1. The minimum Gasteiger partial charge on any atom is -0.436 e. The molecule has 4 amide bonds. The fourth-order valence-corrected chi connectivity index (χ4v) is 3.99. The summed E-state index contributed by atoms with van der Waals surface area (Å²) in [6.45, 7) is 4.74. The number of rotatable bonds is 21. The molecule has 0 aliphatic carbocycles. The lowest BCUT2D eigenvalue weighted by Gasteiger charge is -2.16. The van der Waals surface area contributed by atoms with Gasteiger partial charge in [0.25, 0.3) is 23.6 Å². The van der Waals surface area contributed by atoms with Crippen molar-refractivity contribution in [3.05, 3.63) is 24.3 Å². The van der Waals surface area contributed by atoms with Gasteiger partial charge in [0.1, 0.15) is 0 Å². The van der Waals surface area contributed by atoms with Crippen LogP contribution in [0, 0.1) is 0 Å². The van der Waals surface area contributed by atoms with Crippen molar-refractivity contribution in [2.24, 2.45) is 0 Å². The molecule has 0 saturated heterocycles. The first-order valence-corrected chi connectivity index (χ1v) is 13.9. The molecule has 2 rings (SSSR count). The highest BCUT2D eigenvalue weighted by Crippen LogP contribution is 2.11. The highest BCUT2D eigenvalue weighted by atomic mass is 16.7. The van der Waals surface area contributed by atoms with Crippen LogP contribution >= 0.6 is 0 Å². The Hall–Kier alpha value is -3.38. The van der Waals surface area contributed by atoms with Gasteiger partial charge >= 0.3 is 11.9 Å². The molecule has 0 aromatic heterocycles. The van der Waals surface area contributed by atoms with Gasteiger partial charge in [0, 0.05) is 50.2 Å². The molecule has 222 valence electrons. The minimum atomic E-state index is -0.674. The van der Waals surface area contributed by atoms with E-state index in [1.165, 1.54) is 34.1 Å². The third-order valence-electron chi connectivity index (χ3n) is 6.16.